The van der Waals surface area contributed by atoms with Crippen molar-refractivity contribution in [3.63, 3.8) is 0 Å². The van der Waals surface area contributed by atoms with Crippen molar-refractivity contribution >= 4 is 0 Å². The van der Waals surface area contributed by atoms with E-state index in [1.807, 2.05) is 0 Å². The molecule has 2 heteroatoms. The Bertz CT molecular complexity index is 211. The van der Waals surface area contributed by atoms with Crippen LogP contribution >= 0.6 is 0 Å². The zero-order chi connectivity index (χ0) is 12.1. The molecule has 17 heavy (non-hydrogen) atoms. The summed E-state index contributed by atoms with van der Waals surface area (Å²) in [6.07, 6.45) is 12.8. The second kappa shape index (κ2) is 6.75. The molecule has 2 aliphatic carbocycles. The fourth-order valence-electron chi connectivity index (χ4n) is 3.41. The first kappa shape index (κ1) is 13.4. The van der Waals surface area contributed by atoms with Gasteiger partial charge in [0.25, 0.3) is 0 Å². The smallest absolute Gasteiger partial charge is 0.0619 e. The monoisotopic (exact) mass is 239 g/mol. The largest absolute Gasteiger partial charge is 0.375 e. The van der Waals surface area contributed by atoms with E-state index in [-0.39, 0.29) is 0 Å². The van der Waals surface area contributed by atoms with Gasteiger partial charge in [-0.25, -0.2) is 0 Å². The third-order valence-electron chi connectivity index (χ3n) is 4.72. The Morgan fingerprint density at radius 2 is 1.65 bits per heavy atom. The Hall–Kier alpha value is -0.0800. The van der Waals surface area contributed by atoms with Crippen molar-refractivity contribution in [2.75, 3.05) is 6.54 Å². The Balaban J connectivity index is 1.82. The maximum absolute atomic E-state index is 6.38. The minimum Gasteiger partial charge on any atom is -0.375 e. The highest BCUT2D eigenvalue weighted by Gasteiger charge is 2.27. The minimum absolute atomic E-state index is 0.459. The SMILES string of the molecule is CC1CCC(OC2CCCCCC2CN)CC1. The van der Waals surface area contributed by atoms with E-state index in [1.54, 1.807) is 0 Å². The topological polar surface area (TPSA) is 35.2 Å². The van der Waals surface area contributed by atoms with Gasteiger partial charge >= 0.3 is 0 Å². The molecule has 2 N–H and O–H groups in total. The summed E-state index contributed by atoms with van der Waals surface area (Å²) in [6.45, 7) is 3.18. The average Bonchev–Trinajstić information content (AvgIpc) is 2.57. The maximum Gasteiger partial charge on any atom is 0.0619 e. The van der Waals surface area contributed by atoms with E-state index in [4.69, 9.17) is 10.5 Å². The number of nitrogens with two attached hydrogens (primary N) is 1. The van der Waals surface area contributed by atoms with Crippen molar-refractivity contribution < 1.29 is 4.74 Å². The van der Waals surface area contributed by atoms with Gasteiger partial charge in [-0.05, 0) is 56.9 Å². The van der Waals surface area contributed by atoms with Crippen molar-refractivity contribution in [3.05, 3.63) is 0 Å². The Morgan fingerprint density at radius 3 is 2.35 bits per heavy atom. The van der Waals surface area contributed by atoms with Gasteiger partial charge < -0.3 is 10.5 Å². The van der Waals surface area contributed by atoms with E-state index in [9.17, 15) is 0 Å². The van der Waals surface area contributed by atoms with Crippen molar-refractivity contribution in [2.45, 2.75) is 76.9 Å². The van der Waals surface area contributed by atoms with Crippen molar-refractivity contribution in [1.82, 2.24) is 0 Å². The number of hydrogen-bond acceptors (Lipinski definition) is 2. The number of rotatable bonds is 3. The van der Waals surface area contributed by atoms with E-state index in [1.165, 1.54) is 57.8 Å². The Labute approximate surface area is 106 Å². The molecule has 2 aliphatic rings. The standard InChI is InChI=1S/C15H29NO/c1-12-7-9-14(10-8-12)17-15-6-4-2-3-5-13(15)11-16/h12-15H,2-11,16H2,1H3. The van der Waals surface area contributed by atoms with Gasteiger partial charge in [0.05, 0.1) is 12.2 Å². The van der Waals surface area contributed by atoms with Crippen LogP contribution in [0.25, 0.3) is 0 Å². The molecule has 0 spiro atoms. The second-order valence-electron chi connectivity index (χ2n) is 6.19. The first-order valence-corrected chi connectivity index (χ1v) is 7.65. The van der Waals surface area contributed by atoms with Crippen LogP contribution in [0.5, 0.6) is 0 Å². The summed E-state index contributed by atoms with van der Waals surface area (Å²) in [5.74, 6) is 1.53. The minimum atomic E-state index is 0.459. The lowest BCUT2D eigenvalue weighted by molar-refractivity contribution is -0.0626. The molecular formula is C15H29NO. The van der Waals surface area contributed by atoms with Gasteiger partial charge in [-0.2, -0.15) is 0 Å². The predicted molar refractivity (Wildman–Crippen MR) is 71.9 cm³/mol. The van der Waals surface area contributed by atoms with E-state index < -0.39 is 0 Å². The second-order valence-corrected chi connectivity index (χ2v) is 6.19. The van der Waals surface area contributed by atoms with Gasteiger partial charge in [0, 0.05) is 0 Å². The van der Waals surface area contributed by atoms with E-state index in [0.717, 1.165) is 12.5 Å². The molecule has 0 radical (unpaired) electrons. The lowest BCUT2D eigenvalue weighted by atomic mass is 9.88. The van der Waals surface area contributed by atoms with Crippen molar-refractivity contribution in [1.29, 1.82) is 0 Å². The Morgan fingerprint density at radius 1 is 0.941 bits per heavy atom. The predicted octanol–water partition coefficient (Wildman–Crippen LogP) is 3.49. The van der Waals surface area contributed by atoms with Gasteiger partial charge in [0.2, 0.25) is 0 Å². The normalized spacial score (nSPS) is 39.9. The Kier molecular flexibility index (Phi) is 5.30. The molecule has 0 aliphatic heterocycles. The van der Waals surface area contributed by atoms with Crippen LogP contribution in [0.3, 0.4) is 0 Å². The van der Waals surface area contributed by atoms with Crippen LogP contribution in [0.15, 0.2) is 0 Å². The van der Waals surface area contributed by atoms with Crippen LogP contribution < -0.4 is 5.73 Å². The molecule has 2 saturated carbocycles. The van der Waals surface area contributed by atoms with Crippen LogP contribution in [0.2, 0.25) is 0 Å². The lowest BCUT2D eigenvalue weighted by Gasteiger charge is -2.32. The first-order valence-electron chi connectivity index (χ1n) is 7.65. The highest BCUT2D eigenvalue weighted by molar-refractivity contribution is 4.78. The lowest BCUT2D eigenvalue weighted by Crippen LogP contribution is -2.34. The fourth-order valence-corrected chi connectivity index (χ4v) is 3.41. The fraction of sp³-hybridized carbons (Fsp3) is 1.00. The molecule has 2 rings (SSSR count). The molecule has 0 heterocycles. The van der Waals surface area contributed by atoms with Gasteiger partial charge in [-0.1, -0.05) is 26.2 Å². The summed E-state index contributed by atoms with van der Waals surface area (Å²) in [7, 11) is 0. The average molecular weight is 239 g/mol. The molecule has 0 amide bonds. The molecule has 0 aromatic carbocycles. The van der Waals surface area contributed by atoms with Crippen LogP contribution in [-0.4, -0.2) is 18.8 Å². The number of ether oxygens (including phenoxy) is 1. The molecule has 2 unspecified atom stereocenters. The van der Waals surface area contributed by atoms with Crippen molar-refractivity contribution in [3.8, 4) is 0 Å². The molecule has 2 fully saturated rings. The van der Waals surface area contributed by atoms with Crippen LogP contribution in [-0.2, 0) is 4.74 Å². The van der Waals surface area contributed by atoms with Crippen LogP contribution in [0.4, 0.5) is 0 Å². The summed E-state index contributed by atoms with van der Waals surface area (Å²) < 4.78 is 6.38. The highest BCUT2D eigenvalue weighted by atomic mass is 16.5. The molecule has 2 atom stereocenters. The first-order chi connectivity index (χ1) is 8.29. The van der Waals surface area contributed by atoms with Gasteiger partial charge in [-0.15, -0.1) is 0 Å². The zero-order valence-electron chi connectivity index (χ0n) is 11.4. The molecule has 0 saturated heterocycles. The van der Waals surface area contributed by atoms with Gasteiger partial charge in [0.15, 0.2) is 0 Å². The summed E-state index contributed by atoms with van der Waals surface area (Å²) in [5, 5.41) is 0. The van der Waals surface area contributed by atoms with Crippen molar-refractivity contribution in [2.24, 2.45) is 17.6 Å². The third-order valence-corrected chi connectivity index (χ3v) is 4.72. The summed E-state index contributed by atoms with van der Waals surface area (Å²) in [4.78, 5) is 0. The van der Waals surface area contributed by atoms with E-state index >= 15 is 0 Å². The summed E-state index contributed by atoms with van der Waals surface area (Å²) in [5.41, 5.74) is 5.91. The quantitative estimate of drug-likeness (QED) is 0.765. The maximum atomic E-state index is 6.38. The molecule has 100 valence electrons. The van der Waals surface area contributed by atoms with Crippen LogP contribution in [0, 0.1) is 11.8 Å². The number of hydrogen-bond donors (Lipinski definition) is 1. The van der Waals surface area contributed by atoms with Gasteiger partial charge in [-0.3, -0.25) is 0 Å². The zero-order valence-corrected chi connectivity index (χ0v) is 11.4. The molecule has 0 aromatic heterocycles. The van der Waals surface area contributed by atoms with E-state index in [0.29, 0.717) is 18.1 Å². The van der Waals surface area contributed by atoms with E-state index in [2.05, 4.69) is 6.92 Å². The molecule has 2 nitrogen and oxygen atoms in total. The summed E-state index contributed by atoms with van der Waals surface area (Å²) >= 11 is 0. The molecule has 0 bridgehead atoms. The molecule has 0 aromatic rings. The molecular weight excluding hydrogens is 210 g/mol. The summed E-state index contributed by atoms with van der Waals surface area (Å²) in [6, 6.07) is 0. The van der Waals surface area contributed by atoms with Crippen LogP contribution in [0.1, 0.15) is 64.7 Å². The highest BCUT2D eigenvalue weighted by Crippen LogP contribution is 2.31. The third kappa shape index (κ3) is 3.96. The van der Waals surface area contributed by atoms with Gasteiger partial charge in [0.1, 0.15) is 0 Å².